The van der Waals surface area contributed by atoms with Crippen molar-refractivity contribution in [1.82, 2.24) is 15.5 Å². The molecule has 16 heavy (non-hydrogen) atoms. The minimum atomic E-state index is 0.402. The van der Waals surface area contributed by atoms with Gasteiger partial charge in [-0.3, -0.25) is 4.90 Å². The van der Waals surface area contributed by atoms with E-state index in [0.29, 0.717) is 12.7 Å². The van der Waals surface area contributed by atoms with Gasteiger partial charge < -0.3 is 22.1 Å². The van der Waals surface area contributed by atoms with E-state index < -0.39 is 0 Å². The Morgan fingerprint density at radius 3 is 2.19 bits per heavy atom. The maximum absolute atomic E-state index is 5.63. The zero-order valence-corrected chi connectivity index (χ0v) is 10.8. The molecule has 0 saturated carbocycles. The quantitative estimate of drug-likeness (QED) is 0.275. The Hall–Kier alpha value is -0.200. The molecule has 0 aromatic heterocycles. The highest BCUT2D eigenvalue weighted by Crippen LogP contribution is 1.99. The van der Waals surface area contributed by atoms with Gasteiger partial charge in [0.2, 0.25) is 0 Å². The Balaban J connectivity index is 3.74. The van der Waals surface area contributed by atoms with Gasteiger partial charge in [0, 0.05) is 26.2 Å². The first kappa shape index (κ1) is 15.8. The lowest BCUT2D eigenvalue weighted by Gasteiger charge is -2.30. The predicted octanol–water partition coefficient (Wildman–Crippen LogP) is -0.859. The van der Waals surface area contributed by atoms with Crippen LogP contribution in [0.4, 0.5) is 0 Å². The van der Waals surface area contributed by atoms with Crippen LogP contribution in [0.15, 0.2) is 0 Å². The predicted molar refractivity (Wildman–Crippen MR) is 70.3 cm³/mol. The molecule has 0 aliphatic heterocycles. The molecule has 5 nitrogen and oxygen atoms in total. The second kappa shape index (κ2) is 11.3. The first-order valence-electron chi connectivity index (χ1n) is 6.38. The summed E-state index contributed by atoms with van der Waals surface area (Å²) < 4.78 is 0. The van der Waals surface area contributed by atoms with Crippen LogP contribution in [0.2, 0.25) is 0 Å². The smallest absolute Gasteiger partial charge is 0.0609 e. The molecule has 0 radical (unpaired) electrons. The van der Waals surface area contributed by atoms with Crippen LogP contribution >= 0.6 is 0 Å². The number of nitrogens with two attached hydrogens (primary N) is 2. The summed E-state index contributed by atoms with van der Waals surface area (Å²) in [5.74, 6) is 0. The van der Waals surface area contributed by atoms with Crippen LogP contribution in [0.25, 0.3) is 0 Å². The van der Waals surface area contributed by atoms with Gasteiger partial charge in [0.05, 0.1) is 6.17 Å². The van der Waals surface area contributed by atoms with Gasteiger partial charge in [0.25, 0.3) is 0 Å². The summed E-state index contributed by atoms with van der Waals surface area (Å²) in [6, 6.07) is 0. The monoisotopic (exact) mass is 231 g/mol. The van der Waals surface area contributed by atoms with E-state index >= 15 is 0 Å². The molecule has 98 valence electrons. The minimum Gasteiger partial charge on any atom is -0.330 e. The van der Waals surface area contributed by atoms with Crippen LogP contribution < -0.4 is 22.1 Å². The van der Waals surface area contributed by atoms with Gasteiger partial charge in [-0.1, -0.05) is 13.8 Å². The molecule has 6 N–H and O–H groups in total. The fraction of sp³-hybridized carbons (Fsp3) is 1.00. The fourth-order valence-electron chi connectivity index (χ4n) is 1.79. The number of nitrogens with one attached hydrogen (secondary N) is 2. The molecular formula is C11H29N5. The van der Waals surface area contributed by atoms with Gasteiger partial charge >= 0.3 is 0 Å². The molecule has 0 saturated heterocycles. The first-order chi connectivity index (χ1) is 7.79. The summed E-state index contributed by atoms with van der Waals surface area (Å²) in [6.07, 6.45) is 1.40. The Morgan fingerprint density at radius 1 is 1.00 bits per heavy atom. The molecule has 0 fully saturated rings. The van der Waals surface area contributed by atoms with Crippen molar-refractivity contribution in [3.63, 3.8) is 0 Å². The highest BCUT2D eigenvalue weighted by molar-refractivity contribution is 4.69. The Bertz CT molecular complexity index is 138. The average molecular weight is 231 g/mol. The van der Waals surface area contributed by atoms with Crippen molar-refractivity contribution in [2.45, 2.75) is 26.4 Å². The molecule has 1 unspecified atom stereocenters. The van der Waals surface area contributed by atoms with Crippen molar-refractivity contribution in [1.29, 1.82) is 0 Å². The highest BCUT2D eigenvalue weighted by Gasteiger charge is 2.12. The third-order valence-corrected chi connectivity index (χ3v) is 2.70. The molecular weight excluding hydrogens is 202 g/mol. The van der Waals surface area contributed by atoms with Gasteiger partial charge in [-0.25, -0.2) is 0 Å². The molecule has 0 spiro atoms. The van der Waals surface area contributed by atoms with Crippen molar-refractivity contribution < 1.29 is 0 Å². The second-order valence-corrected chi connectivity index (χ2v) is 3.81. The summed E-state index contributed by atoms with van der Waals surface area (Å²) in [7, 11) is 0. The lowest BCUT2D eigenvalue weighted by Crippen LogP contribution is -2.48. The highest BCUT2D eigenvalue weighted by atomic mass is 15.3. The molecule has 0 bridgehead atoms. The summed E-state index contributed by atoms with van der Waals surface area (Å²) >= 11 is 0. The maximum Gasteiger partial charge on any atom is 0.0609 e. The van der Waals surface area contributed by atoms with Gasteiger partial charge in [-0.15, -0.1) is 0 Å². The maximum atomic E-state index is 5.63. The summed E-state index contributed by atoms with van der Waals surface area (Å²) in [5.41, 5.74) is 11.0. The van der Waals surface area contributed by atoms with Crippen LogP contribution in [0.5, 0.6) is 0 Å². The van der Waals surface area contributed by atoms with Crippen LogP contribution in [-0.2, 0) is 0 Å². The molecule has 0 aromatic carbocycles. The van der Waals surface area contributed by atoms with E-state index in [9.17, 15) is 0 Å². The van der Waals surface area contributed by atoms with Gasteiger partial charge in [-0.05, 0) is 26.1 Å². The van der Waals surface area contributed by atoms with E-state index in [1.165, 1.54) is 0 Å². The van der Waals surface area contributed by atoms with Crippen LogP contribution in [0.3, 0.4) is 0 Å². The molecule has 0 aromatic rings. The molecule has 0 rings (SSSR count). The van der Waals surface area contributed by atoms with E-state index in [2.05, 4.69) is 29.4 Å². The number of hydrogen-bond donors (Lipinski definition) is 4. The summed E-state index contributed by atoms with van der Waals surface area (Å²) in [4.78, 5) is 2.40. The summed E-state index contributed by atoms with van der Waals surface area (Å²) in [5, 5.41) is 6.79. The van der Waals surface area contributed by atoms with Crippen molar-refractivity contribution in [3.8, 4) is 0 Å². The number of rotatable bonds is 11. The largest absolute Gasteiger partial charge is 0.330 e. The number of hydrogen-bond acceptors (Lipinski definition) is 5. The van der Waals surface area contributed by atoms with Gasteiger partial charge in [-0.2, -0.15) is 0 Å². The Kier molecular flexibility index (Phi) is 11.1. The fourth-order valence-corrected chi connectivity index (χ4v) is 1.79. The van der Waals surface area contributed by atoms with Crippen LogP contribution in [-0.4, -0.2) is 56.9 Å². The van der Waals surface area contributed by atoms with Crippen molar-refractivity contribution in [3.05, 3.63) is 0 Å². The third-order valence-electron chi connectivity index (χ3n) is 2.70. The lowest BCUT2D eigenvalue weighted by atomic mass is 10.3. The van der Waals surface area contributed by atoms with Crippen LogP contribution in [0, 0.1) is 0 Å². The van der Waals surface area contributed by atoms with Crippen LogP contribution in [0.1, 0.15) is 20.3 Å². The van der Waals surface area contributed by atoms with E-state index in [1.54, 1.807) is 0 Å². The normalized spacial score (nSPS) is 13.3. The third kappa shape index (κ3) is 7.14. The standard InChI is InChI=1S/C11H29N5/c1-3-16(4-2)11(5-6-12)15-10-9-14-8-7-13/h11,14-15H,3-10,12-13H2,1-2H3. The summed E-state index contributed by atoms with van der Waals surface area (Å²) in [6.45, 7) is 10.7. The minimum absolute atomic E-state index is 0.402. The Morgan fingerprint density at radius 2 is 1.69 bits per heavy atom. The number of nitrogens with zero attached hydrogens (tertiary/aromatic N) is 1. The van der Waals surface area contributed by atoms with E-state index in [1.807, 2.05) is 0 Å². The average Bonchev–Trinajstić information content (AvgIpc) is 2.30. The van der Waals surface area contributed by atoms with Crippen molar-refractivity contribution in [2.24, 2.45) is 11.5 Å². The van der Waals surface area contributed by atoms with E-state index in [4.69, 9.17) is 11.5 Å². The molecule has 0 heterocycles. The van der Waals surface area contributed by atoms with Crippen molar-refractivity contribution in [2.75, 3.05) is 45.8 Å². The zero-order valence-electron chi connectivity index (χ0n) is 10.8. The SMILES string of the molecule is CCN(CC)C(CCN)NCCNCCN. The first-order valence-corrected chi connectivity index (χ1v) is 6.38. The van der Waals surface area contributed by atoms with Gasteiger partial charge in [0.1, 0.15) is 0 Å². The topological polar surface area (TPSA) is 79.3 Å². The Labute approximate surface area is 99.9 Å². The van der Waals surface area contributed by atoms with Crippen molar-refractivity contribution >= 4 is 0 Å². The lowest BCUT2D eigenvalue weighted by molar-refractivity contribution is 0.174. The second-order valence-electron chi connectivity index (χ2n) is 3.81. The van der Waals surface area contributed by atoms with Gasteiger partial charge in [0.15, 0.2) is 0 Å². The molecule has 0 aliphatic rings. The molecule has 0 aliphatic carbocycles. The zero-order chi connectivity index (χ0) is 12.2. The van der Waals surface area contributed by atoms with E-state index in [0.717, 1.165) is 45.7 Å². The molecule has 0 amide bonds. The van der Waals surface area contributed by atoms with E-state index in [-0.39, 0.29) is 0 Å². The molecule has 5 heteroatoms. The molecule has 1 atom stereocenters.